The quantitative estimate of drug-likeness (QED) is 0.734. The van der Waals surface area contributed by atoms with Crippen molar-refractivity contribution in [2.45, 2.75) is 37.3 Å². The maximum atomic E-state index is 5.63. The molecular formula is C9H16N8S. The maximum absolute atomic E-state index is 5.63. The van der Waals surface area contributed by atoms with Gasteiger partial charge in [0.15, 0.2) is 11.0 Å². The first-order valence-corrected chi connectivity index (χ1v) is 6.71. The molecule has 98 valence electrons. The summed E-state index contributed by atoms with van der Waals surface area (Å²) < 4.78 is 2.04. The molecule has 9 heteroatoms. The van der Waals surface area contributed by atoms with Gasteiger partial charge >= 0.3 is 0 Å². The second-order valence-electron chi connectivity index (χ2n) is 3.74. The number of aromatic nitrogens is 7. The van der Waals surface area contributed by atoms with Crippen LogP contribution in [0.25, 0.3) is 0 Å². The standard InChI is InChI=1S/C9H16N8S/c1-3-4-17-8(5-10)12-13-9(17)18-6-7-11-15-16(2)14-7/h3-6,10H2,1-2H3. The third-order valence-electron chi connectivity index (χ3n) is 2.30. The third-order valence-corrected chi connectivity index (χ3v) is 3.27. The van der Waals surface area contributed by atoms with E-state index in [-0.39, 0.29) is 0 Å². The highest BCUT2D eigenvalue weighted by Crippen LogP contribution is 2.20. The number of tetrazole rings is 1. The summed E-state index contributed by atoms with van der Waals surface area (Å²) in [6, 6.07) is 0. The lowest BCUT2D eigenvalue weighted by Gasteiger charge is -2.06. The molecule has 2 rings (SSSR count). The summed E-state index contributed by atoms with van der Waals surface area (Å²) in [5.74, 6) is 2.12. The molecule has 2 N–H and O–H groups in total. The Morgan fingerprint density at radius 3 is 2.72 bits per heavy atom. The van der Waals surface area contributed by atoms with Gasteiger partial charge in [-0.25, -0.2) is 0 Å². The highest BCUT2D eigenvalue weighted by Gasteiger charge is 2.12. The van der Waals surface area contributed by atoms with Crippen LogP contribution in [0.4, 0.5) is 0 Å². The number of rotatable bonds is 6. The molecule has 0 aliphatic carbocycles. The third kappa shape index (κ3) is 2.85. The van der Waals surface area contributed by atoms with E-state index in [0.29, 0.717) is 18.1 Å². The molecule has 0 spiro atoms. The van der Waals surface area contributed by atoms with Gasteiger partial charge in [0.2, 0.25) is 0 Å². The van der Waals surface area contributed by atoms with E-state index < -0.39 is 0 Å². The van der Waals surface area contributed by atoms with E-state index in [2.05, 4.69) is 32.5 Å². The minimum absolute atomic E-state index is 0.400. The van der Waals surface area contributed by atoms with Gasteiger partial charge in [0.25, 0.3) is 0 Å². The Hall–Kier alpha value is -1.48. The van der Waals surface area contributed by atoms with Gasteiger partial charge in [-0.05, 0) is 11.6 Å². The molecule has 0 saturated heterocycles. The van der Waals surface area contributed by atoms with E-state index in [9.17, 15) is 0 Å². The van der Waals surface area contributed by atoms with Crippen LogP contribution in [-0.2, 0) is 25.9 Å². The first-order chi connectivity index (χ1) is 8.74. The molecule has 0 saturated carbocycles. The molecule has 0 aliphatic rings. The van der Waals surface area contributed by atoms with Crippen molar-refractivity contribution in [2.75, 3.05) is 0 Å². The molecule has 0 aliphatic heterocycles. The molecule has 0 fully saturated rings. The van der Waals surface area contributed by atoms with Crippen molar-refractivity contribution in [3.05, 3.63) is 11.6 Å². The van der Waals surface area contributed by atoms with E-state index >= 15 is 0 Å². The van der Waals surface area contributed by atoms with Crippen LogP contribution in [0.3, 0.4) is 0 Å². The summed E-state index contributed by atoms with van der Waals surface area (Å²) in [6.45, 7) is 3.38. The van der Waals surface area contributed by atoms with E-state index in [1.807, 2.05) is 4.57 Å². The first-order valence-electron chi connectivity index (χ1n) is 5.72. The topological polar surface area (TPSA) is 100 Å². The van der Waals surface area contributed by atoms with Gasteiger partial charge in [0.05, 0.1) is 19.3 Å². The van der Waals surface area contributed by atoms with E-state index in [4.69, 9.17) is 5.73 Å². The Morgan fingerprint density at radius 2 is 2.11 bits per heavy atom. The van der Waals surface area contributed by atoms with Crippen LogP contribution < -0.4 is 5.73 Å². The zero-order valence-corrected chi connectivity index (χ0v) is 11.3. The summed E-state index contributed by atoms with van der Waals surface area (Å²) in [7, 11) is 1.74. The molecule has 8 nitrogen and oxygen atoms in total. The largest absolute Gasteiger partial charge is 0.324 e. The molecule has 2 aromatic rings. The molecule has 0 bridgehead atoms. The Kier molecular flexibility index (Phi) is 4.26. The smallest absolute Gasteiger partial charge is 0.191 e. The number of nitrogens with two attached hydrogens (primary N) is 1. The van der Waals surface area contributed by atoms with Gasteiger partial charge < -0.3 is 10.3 Å². The van der Waals surface area contributed by atoms with Crippen molar-refractivity contribution < 1.29 is 0 Å². The number of hydrogen-bond acceptors (Lipinski definition) is 7. The summed E-state index contributed by atoms with van der Waals surface area (Å²) >= 11 is 1.55. The van der Waals surface area contributed by atoms with Crippen molar-refractivity contribution >= 4 is 11.8 Å². The molecule has 2 heterocycles. The van der Waals surface area contributed by atoms with Crippen molar-refractivity contribution in [2.24, 2.45) is 12.8 Å². The lowest BCUT2D eigenvalue weighted by atomic mass is 10.4. The van der Waals surface area contributed by atoms with E-state index in [0.717, 1.165) is 23.9 Å². The summed E-state index contributed by atoms with van der Waals surface area (Å²) in [5, 5.41) is 20.9. The molecule has 18 heavy (non-hydrogen) atoms. The fraction of sp³-hybridized carbons (Fsp3) is 0.667. The normalized spacial score (nSPS) is 11.1. The predicted octanol–water partition coefficient (Wildman–Crippen LogP) is -0.0374. The molecule has 2 aromatic heterocycles. The van der Waals surface area contributed by atoms with Crippen molar-refractivity contribution in [1.29, 1.82) is 0 Å². The number of hydrogen-bond donors (Lipinski definition) is 1. The van der Waals surface area contributed by atoms with Crippen LogP contribution in [0.15, 0.2) is 5.16 Å². The molecule has 0 radical (unpaired) electrons. The van der Waals surface area contributed by atoms with Gasteiger partial charge in [0.1, 0.15) is 5.82 Å². The maximum Gasteiger partial charge on any atom is 0.191 e. The average Bonchev–Trinajstić information content (AvgIpc) is 2.94. The Balaban J connectivity index is 2.06. The van der Waals surface area contributed by atoms with E-state index in [1.165, 1.54) is 4.80 Å². The van der Waals surface area contributed by atoms with Crippen LogP contribution in [-0.4, -0.2) is 35.0 Å². The highest BCUT2D eigenvalue weighted by molar-refractivity contribution is 7.98. The fourth-order valence-electron chi connectivity index (χ4n) is 1.54. The van der Waals surface area contributed by atoms with Crippen LogP contribution in [0, 0.1) is 0 Å². The number of aryl methyl sites for hydroxylation is 1. The number of nitrogens with zero attached hydrogens (tertiary/aromatic N) is 7. The van der Waals surface area contributed by atoms with Crippen molar-refractivity contribution in [3.8, 4) is 0 Å². The fourth-order valence-corrected chi connectivity index (χ4v) is 2.36. The minimum atomic E-state index is 0.400. The second kappa shape index (κ2) is 5.91. The zero-order chi connectivity index (χ0) is 13.0. The van der Waals surface area contributed by atoms with Gasteiger partial charge in [-0.2, -0.15) is 4.80 Å². The number of thioether (sulfide) groups is 1. The minimum Gasteiger partial charge on any atom is -0.324 e. The van der Waals surface area contributed by atoms with Crippen molar-refractivity contribution in [1.82, 2.24) is 35.0 Å². The zero-order valence-electron chi connectivity index (χ0n) is 10.4. The van der Waals surface area contributed by atoms with Crippen LogP contribution >= 0.6 is 11.8 Å². The van der Waals surface area contributed by atoms with E-state index in [1.54, 1.807) is 18.8 Å². The highest BCUT2D eigenvalue weighted by atomic mass is 32.2. The molecule has 0 amide bonds. The lowest BCUT2D eigenvalue weighted by molar-refractivity contribution is 0.592. The Bertz CT molecular complexity index is 504. The average molecular weight is 268 g/mol. The monoisotopic (exact) mass is 268 g/mol. The predicted molar refractivity (Wildman–Crippen MR) is 66.6 cm³/mol. The Morgan fingerprint density at radius 1 is 1.28 bits per heavy atom. The second-order valence-corrected chi connectivity index (χ2v) is 4.68. The Labute approximate surface area is 109 Å². The van der Waals surface area contributed by atoms with Gasteiger partial charge in [-0.15, -0.1) is 20.4 Å². The van der Waals surface area contributed by atoms with Crippen LogP contribution in [0.2, 0.25) is 0 Å². The van der Waals surface area contributed by atoms with Crippen molar-refractivity contribution in [3.63, 3.8) is 0 Å². The van der Waals surface area contributed by atoms with Gasteiger partial charge in [-0.1, -0.05) is 18.7 Å². The molecule has 0 aromatic carbocycles. The molecule has 0 unspecified atom stereocenters. The molecular weight excluding hydrogens is 252 g/mol. The summed E-state index contributed by atoms with van der Waals surface area (Å²) in [4.78, 5) is 1.44. The summed E-state index contributed by atoms with van der Waals surface area (Å²) in [5.41, 5.74) is 5.63. The van der Waals surface area contributed by atoms with Gasteiger partial charge in [0, 0.05) is 6.54 Å². The van der Waals surface area contributed by atoms with Crippen LogP contribution in [0.1, 0.15) is 25.0 Å². The SMILES string of the molecule is CCCn1c(CN)nnc1SCc1nnn(C)n1. The summed E-state index contributed by atoms with van der Waals surface area (Å²) in [6.07, 6.45) is 1.02. The molecule has 0 atom stereocenters. The van der Waals surface area contributed by atoms with Gasteiger partial charge in [-0.3, -0.25) is 0 Å². The van der Waals surface area contributed by atoms with Crippen LogP contribution in [0.5, 0.6) is 0 Å². The lowest BCUT2D eigenvalue weighted by Crippen LogP contribution is -2.09. The first kappa shape index (κ1) is 13.0.